The third-order valence-corrected chi connectivity index (χ3v) is 3.83. The van der Waals surface area contributed by atoms with E-state index in [-0.39, 0.29) is 6.04 Å². The number of aromatic nitrogens is 2. The van der Waals surface area contributed by atoms with Gasteiger partial charge in [-0.25, -0.2) is 4.98 Å². The molecule has 3 heterocycles. The van der Waals surface area contributed by atoms with Gasteiger partial charge in [-0.3, -0.25) is 0 Å². The lowest BCUT2D eigenvalue weighted by molar-refractivity contribution is 0.454. The molecule has 0 aliphatic carbocycles. The number of nitrogens with zero attached hydrogens (tertiary/aromatic N) is 2. The van der Waals surface area contributed by atoms with Crippen molar-refractivity contribution in [3.63, 3.8) is 0 Å². The summed E-state index contributed by atoms with van der Waals surface area (Å²) in [5, 5.41) is 0. The van der Waals surface area contributed by atoms with Gasteiger partial charge >= 0.3 is 0 Å². The third-order valence-electron chi connectivity index (χ3n) is 3.19. The van der Waals surface area contributed by atoms with E-state index in [0.717, 1.165) is 42.0 Å². The average Bonchev–Trinajstić information content (AvgIpc) is 2.89. The van der Waals surface area contributed by atoms with Gasteiger partial charge in [-0.1, -0.05) is 0 Å². The van der Waals surface area contributed by atoms with Gasteiger partial charge in [0.25, 0.3) is 0 Å². The summed E-state index contributed by atoms with van der Waals surface area (Å²) in [5.74, 6) is 1.99. The molecule has 4 nitrogen and oxygen atoms in total. The molecule has 1 aliphatic rings. The van der Waals surface area contributed by atoms with Crippen LogP contribution in [0.1, 0.15) is 23.7 Å². The van der Waals surface area contributed by atoms with Gasteiger partial charge in [0.15, 0.2) is 0 Å². The lowest BCUT2D eigenvalue weighted by Crippen LogP contribution is -2.31. The molecule has 0 radical (unpaired) electrons. The zero-order valence-electron chi connectivity index (χ0n) is 9.40. The first-order chi connectivity index (χ1) is 8.24. The summed E-state index contributed by atoms with van der Waals surface area (Å²) in [6, 6.07) is 4.14. The summed E-state index contributed by atoms with van der Waals surface area (Å²) < 4.78 is 8.55. The van der Waals surface area contributed by atoms with Gasteiger partial charge in [0, 0.05) is 19.0 Å². The van der Waals surface area contributed by atoms with Crippen LogP contribution in [0.4, 0.5) is 0 Å². The molecule has 0 amide bonds. The van der Waals surface area contributed by atoms with E-state index in [1.165, 1.54) is 5.69 Å². The Morgan fingerprint density at radius 2 is 2.47 bits per heavy atom. The summed E-state index contributed by atoms with van der Waals surface area (Å²) in [7, 11) is 0. The van der Waals surface area contributed by atoms with Crippen LogP contribution in [0.2, 0.25) is 0 Å². The molecule has 1 aliphatic heterocycles. The highest BCUT2D eigenvalue weighted by Crippen LogP contribution is 2.25. The van der Waals surface area contributed by atoms with E-state index in [1.54, 1.807) is 6.26 Å². The molecular weight excluding hydrogens is 282 g/mol. The first-order valence-electron chi connectivity index (χ1n) is 5.76. The normalized spacial score (nSPS) is 19.3. The molecule has 5 heteroatoms. The molecule has 1 atom stereocenters. The summed E-state index contributed by atoms with van der Waals surface area (Å²) in [6.45, 7) is 0.950. The van der Waals surface area contributed by atoms with Crippen LogP contribution in [0, 0.1) is 0 Å². The SMILES string of the molecule is NC1CCn2c(Cc3ccco3)nc(Br)c2C1. The van der Waals surface area contributed by atoms with Crippen molar-refractivity contribution in [2.24, 2.45) is 5.73 Å². The van der Waals surface area contributed by atoms with Gasteiger partial charge < -0.3 is 14.7 Å². The minimum absolute atomic E-state index is 0.256. The number of fused-ring (bicyclic) bond motifs is 1. The quantitative estimate of drug-likeness (QED) is 0.923. The Labute approximate surface area is 108 Å². The Balaban J connectivity index is 1.93. The largest absolute Gasteiger partial charge is 0.469 e. The monoisotopic (exact) mass is 295 g/mol. The van der Waals surface area contributed by atoms with Crippen molar-refractivity contribution in [3.05, 3.63) is 40.3 Å². The van der Waals surface area contributed by atoms with Gasteiger partial charge in [0.2, 0.25) is 0 Å². The van der Waals surface area contributed by atoms with Crippen molar-refractivity contribution >= 4 is 15.9 Å². The molecule has 2 aromatic rings. The molecule has 90 valence electrons. The lowest BCUT2D eigenvalue weighted by atomic mass is 10.1. The van der Waals surface area contributed by atoms with E-state index in [9.17, 15) is 0 Å². The Kier molecular flexibility index (Phi) is 2.80. The van der Waals surface area contributed by atoms with Crippen molar-refractivity contribution in [2.45, 2.75) is 31.8 Å². The minimum atomic E-state index is 0.256. The fourth-order valence-corrected chi connectivity index (χ4v) is 2.89. The van der Waals surface area contributed by atoms with E-state index in [2.05, 4.69) is 25.5 Å². The van der Waals surface area contributed by atoms with Crippen molar-refractivity contribution in [3.8, 4) is 0 Å². The molecule has 1 unspecified atom stereocenters. The number of hydrogen-bond acceptors (Lipinski definition) is 3. The summed E-state index contributed by atoms with van der Waals surface area (Å²) in [4.78, 5) is 4.57. The topological polar surface area (TPSA) is 57.0 Å². The van der Waals surface area contributed by atoms with E-state index in [4.69, 9.17) is 10.2 Å². The second kappa shape index (κ2) is 4.31. The minimum Gasteiger partial charge on any atom is -0.469 e. The highest BCUT2D eigenvalue weighted by atomic mass is 79.9. The first kappa shape index (κ1) is 11.0. The van der Waals surface area contributed by atoms with Crippen molar-refractivity contribution in [1.29, 1.82) is 0 Å². The molecule has 0 aromatic carbocycles. The number of furan rings is 1. The highest BCUT2D eigenvalue weighted by Gasteiger charge is 2.22. The van der Waals surface area contributed by atoms with E-state index < -0.39 is 0 Å². The van der Waals surface area contributed by atoms with Crippen LogP contribution in [0.25, 0.3) is 0 Å². The average molecular weight is 296 g/mol. The van der Waals surface area contributed by atoms with Crippen LogP contribution in [-0.4, -0.2) is 15.6 Å². The summed E-state index contributed by atoms with van der Waals surface area (Å²) in [5.41, 5.74) is 7.20. The maximum absolute atomic E-state index is 5.98. The Morgan fingerprint density at radius 3 is 3.24 bits per heavy atom. The molecule has 2 N–H and O–H groups in total. The van der Waals surface area contributed by atoms with Crippen LogP contribution in [0.3, 0.4) is 0 Å². The lowest BCUT2D eigenvalue weighted by Gasteiger charge is -2.21. The summed E-state index contributed by atoms with van der Waals surface area (Å²) in [6.07, 6.45) is 4.34. The Bertz CT molecular complexity index is 518. The second-order valence-electron chi connectivity index (χ2n) is 4.43. The van der Waals surface area contributed by atoms with E-state index in [0.29, 0.717) is 0 Å². The maximum Gasteiger partial charge on any atom is 0.127 e. The zero-order valence-corrected chi connectivity index (χ0v) is 11.0. The zero-order chi connectivity index (χ0) is 11.8. The fourth-order valence-electron chi connectivity index (χ4n) is 2.31. The van der Waals surface area contributed by atoms with E-state index in [1.807, 2.05) is 12.1 Å². The van der Waals surface area contributed by atoms with Crippen LogP contribution in [0.15, 0.2) is 27.4 Å². The molecule has 0 bridgehead atoms. The van der Waals surface area contributed by atoms with E-state index >= 15 is 0 Å². The predicted octanol–water partition coefficient (Wildman–Crippen LogP) is 2.10. The van der Waals surface area contributed by atoms with Gasteiger partial charge in [-0.05, 0) is 34.5 Å². The maximum atomic E-state index is 5.98. The number of halogens is 1. The number of rotatable bonds is 2. The van der Waals surface area contributed by atoms with Crippen LogP contribution >= 0.6 is 15.9 Å². The molecule has 0 spiro atoms. The highest BCUT2D eigenvalue weighted by molar-refractivity contribution is 9.10. The van der Waals surface area contributed by atoms with Crippen LogP contribution in [0.5, 0.6) is 0 Å². The fraction of sp³-hybridized carbons (Fsp3) is 0.417. The van der Waals surface area contributed by atoms with Gasteiger partial charge in [0.1, 0.15) is 16.2 Å². The molecule has 0 saturated heterocycles. The van der Waals surface area contributed by atoms with Gasteiger partial charge in [-0.2, -0.15) is 0 Å². The van der Waals surface area contributed by atoms with Gasteiger partial charge in [-0.15, -0.1) is 0 Å². The predicted molar refractivity (Wildman–Crippen MR) is 67.7 cm³/mol. The standard InChI is InChI=1S/C12H14BrN3O/c13-12-10-6-8(14)3-4-16(10)11(15-12)7-9-2-1-5-17-9/h1-2,5,8H,3-4,6-7,14H2. The number of nitrogens with two attached hydrogens (primary N) is 1. The van der Waals surface area contributed by atoms with Crippen LogP contribution < -0.4 is 5.73 Å². The molecular formula is C12H14BrN3O. The van der Waals surface area contributed by atoms with Crippen molar-refractivity contribution < 1.29 is 4.42 Å². The van der Waals surface area contributed by atoms with Crippen molar-refractivity contribution in [1.82, 2.24) is 9.55 Å². The third kappa shape index (κ3) is 2.05. The van der Waals surface area contributed by atoms with Crippen LogP contribution in [-0.2, 0) is 19.4 Å². The molecule has 17 heavy (non-hydrogen) atoms. The first-order valence-corrected chi connectivity index (χ1v) is 6.55. The smallest absolute Gasteiger partial charge is 0.127 e. The molecule has 3 rings (SSSR count). The molecule has 0 fully saturated rings. The summed E-state index contributed by atoms with van der Waals surface area (Å²) >= 11 is 3.52. The molecule has 0 saturated carbocycles. The Morgan fingerprint density at radius 1 is 1.59 bits per heavy atom. The second-order valence-corrected chi connectivity index (χ2v) is 5.18. The van der Waals surface area contributed by atoms with Gasteiger partial charge in [0.05, 0.1) is 18.4 Å². The number of imidazole rings is 1. The molecule has 2 aromatic heterocycles. The number of hydrogen-bond donors (Lipinski definition) is 1. The Hall–Kier alpha value is -1.07. The van der Waals surface area contributed by atoms with Crippen molar-refractivity contribution in [2.75, 3.05) is 0 Å².